The normalized spacial score (nSPS) is 35.9. The van der Waals surface area contributed by atoms with Crippen molar-refractivity contribution in [3.63, 3.8) is 0 Å². The predicted molar refractivity (Wildman–Crippen MR) is 48.3 cm³/mol. The summed E-state index contributed by atoms with van der Waals surface area (Å²) >= 11 is 0. The number of alkyl halides is 1. The number of rotatable bonds is 2. The summed E-state index contributed by atoms with van der Waals surface area (Å²) in [5, 5.41) is 0. The standard InChI is InChI=1S/C10H16FNO/c11-9-4-5-12(7-9)6-8-2-1-3-10(8)13/h8-9H,1-7H2. The summed E-state index contributed by atoms with van der Waals surface area (Å²) in [5.41, 5.74) is 0. The SMILES string of the molecule is O=C1CCCC1CN1CCC(F)C1. The van der Waals surface area contributed by atoms with E-state index in [2.05, 4.69) is 4.90 Å². The van der Waals surface area contributed by atoms with E-state index in [-0.39, 0.29) is 5.92 Å². The largest absolute Gasteiger partial charge is 0.300 e. The van der Waals surface area contributed by atoms with Crippen LogP contribution in [0.3, 0.4) is 0 Å². The zero-order valence-corrected chi connectivity index (χ0v) is 7.84. The van der Waals surface area contributed by atoms with Gasteiger partial charge >= 0.3 is 0 Å². The maximum atomic E-state index is 12.8. The molecule has 0 N–H and O–H groups in total. The van der Waals surface area contributed by atoms with E-state index in [9.17, 15) is 9.18 Å². The molecule has 1 aliphatic carbocycles. The van der Waals surface area contributed by atoms with Crippen LogP contribution >= 0.6 is 0 Å². The Morgan fingerprint density at radius 1 is 1.46 bits per heavy atom. The summed E-state index contributed by atoms with van der Waals surface area (Å²) in [6.07, 6.45) is 2.80. The molecule has 2 aliphatic rings. The van der Waals surface area contributed by atoms with Gasteiger partial charge < -0.3 is 0 Å². The van der Waals surface area contributed by atoms with Crippen LogP contribution in [0.5, 0.6) is 0 Å². The van der Waals surface area contributed by atoms with Gasteiger partial charge in [0.1, 0.15) is 12.0 Å². The Hall–Kier alpha value is -0.440. The van der Waals surface area contributed by atoms with E-state index < -0.39 is 6.17 Å². The highest BCUT2D eigenvalue weighted by Gasteiger charge is 2.29. The quantitative estimate of drug-likeness (QED) is 0.648. The highest BCUT2D eigenvalue weighted by atomic mass is 19.1. The lowest BCUT2D eigenvalue weighted by Crippen LogP contribution is -2.29. The molecule has 0 spiro atoms. The van der Waals surface area contributed by atoms with Crippen LogP contribution in [0, 0.1) is 5.92 Å². The van der Waals surface area contributed by atoms with Crippen molar-refractivity contribution in [3.05, 3.63) is 0 Å². The fraction of sp³-hybridized carbons (Fsp3) is 0.900. The Morgan fingerprint density at radius 3 is 2.85 bits per heavy atom. The van der Waals surface area contributed by atoms with Crippen LogP contribution in [0.4, 0.5) is 4.39 Å². The van der Waals surface area contributed by atoms with Crippen molar-refractivity contribution in [1.82, 2.24) is 4.90 Å². The Balaban J connectivity index is 1.81. The molecule has 2 fully saturated rings. The maximum Gasteiger partial charge on any atom is 0.137 e. The fourth-order valence-electron chi connectivity index (χ4n) is 2.34. The molecule has 1 aliphatic heterocycles. The summed E-state index contributed by atoms with van der Waals surface area (Å²) < 4.78 is 12.8. The minimum atomic E-state index is -0.656. The van der Waals surface area contributed by atoms with Gasteiger partial charge in [-0.1, -0.05) is 0 Å². The van der Waals surface area contributed by atoms with E-state index in [4.69, 9.17) is 0 Å². The lowest BCUT2D eigenvalue weighted by molar-refractivity contribution is -0.121. The first-order chi connectivity index (χ1) is 6.25. The summed E-state index contributed by atoms with van der Waals surface area (Å²) in [6.45, 7) is 2.19. The molecular weight excluding hydrogens is 169 g/mol. The molecular formula is C10H16FNO. The van der Waals surface area contributed by atoms with Gasteiger partial charge in [0.05, 0.1) is 0 Å². The molecule has 74 valence electrons. The minimum Gasteiger partial charge on any atom is -0.300 e. The maximum absolute atomic E-state index is 12.8. The van der Waals surface area contributed by atoms with E-state index in [1.54, 1.807) is 0 Å². The smallest absolute Gasteiger partial charge is 0.137 e. The average molecular weight is 185 g/mol. The second-order valence-corrected chi connectivity index (χ2v) is 4.20. The number of carbonyl (C=O) groups is 1. The molecule has 2 nitrogen and oxygen atoms in total. The first-order valence-corrected chi connectivity index (χ1v) is 5.15. The summed E-state index contributed by atoms with van der Waals surface area (Å²) in [5.74, 6) is 0.604. The van der Waals surface area contributed by atoms with Crippen molar-refractivity contribution in [2.45, 2.75) is 31.9 Å². The van der Waals surface area contributed by atoms with E-state index in [0.29, 0.717) is 18.7 Å². The van der Waals surface area contributed by atoms with E-state index in [1.165, 1.54) is 0 Å². The predicted octanol–water partition coefficient (Wildman–Crippen LogP) is 1.40. The summed E-state index contributed by atoms with van der Waals surface area (Å²) in [6, 6.07) is 0. The molecule has 2 atom stereocenters. The van der Waals surface area contributed by atoms with Crippen LogP contribution < -0.4 is 0 Å². The molecule has 1 heterocycles. The van der Waals surface area contributed by atoms with Gasteiger partial charge in [0.25, 0.3) is 0 Å². The van der Waals surface area contributed by atoms with E-state index >= 15 is 0 Å². The number of hydrogen-bond donors (Lipinski definition) is 0. The van der Waals surface area contributed by atoms with Crippen molar-refractivity contribution in [3.8, 4) is 0 Å². The third kappa shape index (κ3) is 2.08. The molecule has 0 radical (unpaired) electrons. The molecule has 1 saturated carbocycles. The Labute approximate surface area is 78.1 Å². The zero-order chi connectivity index (χ0) is 9.26. The van der Waals surface area contributed by atoms with Crippen LogP contribution in [0.2, 0.25) is 0 Å². The van der Waals surface area contributed by atoms with Crippen LogP contribution in [0.15, 0.2) is 0 Å². The van der Waals surface area contributed by atoms with Gasteiger partial charge in [-0.05, 0) is 19.3 Å². The van der Waals surface area contributed by atoms with Gasteiger partial charge in [0, 0.05) is 32.0 Å². The van der Waals surface area contributed by atoms with Crippen LogP contribution in [-0.2, 0) is 4.79 Å². The second kappa shape index (κ2) is 3.74. The van der Waals surface area contributed by atoms with E-state index in [0.717, 1.165) is 32.4 Å². The second-order valence-electron chi connectivity index (χ2n) is 4.20. The molecule has 2 unspecified atom stereocenters. The van der Waals surface area contributed by atoms with E-state index in [1.807, 2.05) is 0 Å². The number of Topliss-reactive ketones (excluding diaryl/α,β-unsaturated/α-hetero) is 1. The number of carbonyl (C=O) groups excluding carboxylic acids is 1. The van der Waals surface area contributed by atoms with Crippen molar-refractivity contribution >= 4 is 5.78 Å². The number of likely N-dealkylation sites (tertiary alicyclic amines) is 1. The number of ketones is 1. The molecule has 0 aromatic heterocycles. The van der Waals surface area contributed by atoms with Crippen LogP contribution in [0.25, 0.3) is 0 Å². The Bertz CT molecular complexity index is 207. The van der Waals surface area contributed by atoms with Gasteiger partial charge in [-0.2, -0.15) is 0 Å². The molecule has 0 amide bonds. The van der Waals surface area contributed by atoms with Crippen LogP contribution in [-0.4, -0.2) is 36.5 Å². The van der Waals surface area contributed by atoms with Crippen LogP contribution in [0.1, 0.15) is 25.7 Å². The number of hydrogen-bond acceptors (Lipinski definition) is 2. The Morgan fingerprint density at radius 2 is 2.31 bits per heavy atom. The molecule has 13 heavy (non-hydrogen) atoms. The highest BCUT2D eigenvalue weighted by molar-refractivity contribution is 5.83. The third-order valence-electron chi connectivity index (χ3n) is 3.12. The lowest BCUT2D eigenvalue weighted by Gasteiger charge is -2.18. The van der Waals surface area contributed by atoms with Gasteiger partial charge in [-0.15, -0.1) is 0 Å². The first kappa shape index (κ1) is 9.13. The average Bonchev–Trinajstić information content (AvgIpc) is 2.64. The van der Waals surface area contributed by atoms with Crippen molar-refractivity contribution in [2.24, 2.45) is 5.92 Å². The van der Waals surface area contributed by atoms with Crippen molar-refractivity contribution in [1.29, 1.82) is 0 Å². The van der Waals surface area contributed by atoms with Gasteiger partial charge in [-0.25, -0.2) is 4.39 Å². The van der Waals surface area contributed by atoms with Crippen molar-refractivity contribution < 1.29 is 9.18 Å². The fourth-order valence-corrected chi connectivity index (χ4v) is 2.34. The monoisotopic (exact) mass is 185 g/mol. The number of nitrogens with zero attached hydrogens (tertiary/aromatic N) is 1. The van der Waals surface area contributed by atoms with Crippen molar-refractivity contribution in [2.75, 3.05) is 19.6 Å². The molecule has 2 rings (SSSR count). The van der Waals surface area contributed by atoms with Gasteiger partial charge in [0.2, 0.25) is 0 Å². The summed E-state index contributed by atoms with van der Waals surface area (Å²) in [4.78, 5) is 13.4. The highest BCUT2D eigenvalue weighted by Crippen LogP contribution is 2.24. The zero-order valence-electron chi connectivity index (χ0n) is 7.84. The van der Waals surface area contributed by atoms with Gasteiger partial charge in [0.15, 0.2) is 0 Å². The first-order valence-electron chi connectivity index (χ1n) is 5.15. The minimum absolute atomic E-state index is 0.213. The molecule has 3 heteroatoms. The lowest BCUT2D eigenvalue weighted by atomic mass is 10.1. The molecule has 0 aromatic rings. The molecule has 0 aromatic carbocycles. The molecule has 1 saturated heterocycles. The number of halogens is 1. The summed E-state index contributed by atoms with van der Waals surface area (Å²) in [7, 11) is 0. The van der Waals surface area contributed by atoms with Gasteiger partial charge in [-0.3, -0.25) is 9.69 Å². The topological polar surface area (TPSA) is 20.3 Å². The third-order valence-corrected chi connectivity index (χ3v) is 3.12. The molecule has 0 bridgehead atoms. The Kier molecular flexibility index (Phi) is 2.63.